The molecule has 0 unspecified atom stereocenters. The van der Waals surface area contributed by atoms with Crippen LogP contribution in [0.4, 0.5) is 0 Å². The first-order valence-electron chi connectivity index (χ1n) is 4.52. The normalized spacial score (nSPS) is 8.50. The minimum Gasteiger partial charge on any atom is -0.495 e. The average Bonchev–Trinajstić information content (AvgIpc) is 2.18. The number of ether oxygens (including phenoxy) is 1. The number of hydrogen-bond donors (Lipinski definition) is 0. The van der Waals surface area contributed by atoms with Gasteiger partial charge in [0.05, 0.1) is 12.7 Å². The van der Waals surface area contributed by atoms with Crippen LogP contribution in [-0.2, 0) is 0 Å². The molecule has 0 atom stereocenters. The molecule has 0 aliphatic rings. The highest BCUT2D eigenvalue weighted by atomic mass is 16.5. The number of rotatable bonds is 1. The van der Waals surface area contributed by atoms with Crippen LogP contribution in [0.2, 0.25) is 0 Å². The summed E-state index contributed by atoms with van der Waals surface area (Å²) in [6.07, 6.45) is 1.90. The first-order valence-corrected chi connectivity index (χ1v) is 4.52. The summed E-state index contributed by atoms with van der Waals surface area (Å²) >= 11 is 0. The van der Waals surface area contributed by atoms with Gasteiger partial charge in [-0.3, -0.25) is 0 Å². The summed E-state index contributed by atoms with van der Waals surface area (Å²) in [7, 11) is 1.65. The SMILES string of the molecule is COc1ccccc1C#CC=C(C)C. The van der Waals surface area contributed by atoms with Gasteiger partial charge in [0.15, 0.2) is 0 Å². The molecule has 0 bridgehead atoms. The Bertz CT molecular complexity index is 387. The van der Waals surface area contributed by atoms with Crippen LogP contribution in [0.5, 0.6) is 5.75 Å². The molecule has 1 aromatic rings. The second kappa shape index (κ2) is 5.14. The van der Waals surface area contributed by atoms with E-state index in [4.69, 9.17) is 4.74 Å². The van der Waals surface area contributed by atoms with Crippen molar-refractivity contribution in [3.63, 3.8) is 0 Å². The van der Waals surface area contributed by atoms with E-state index in [2.05, 4.69) is 11.8 Å². The lowest BCUT2D eigenvalue weighted by Crippen LogP contribution is -1.85. The largest absolute Gasteiger partial charge is 0.495 e. The molecule has 0 heterocycles. The van der Waals surface area contributed by atoms with Crippen molar-refractivity contribution in [3.8, 4) is 17.6 Å². The van der Waals surface area contributed by atoms with Crippen LogP contribution < -0.4 is 4.74 Å². The van der Waals surface area contributed by atoms with Crippen molar-refractivity contribution in [1.29, 1.82) is 0 Å². The molecule has 0 aliphatic heterocycles. The highest BCUT2D eigenvalue weighted by Crippen LogP contribution is 2.15. The van der Waals surface area contributed by atoms with Gasteiger partial charge < -0.3 is 4.74 Å². The minimum absolute atomic E-state index is 0.821. The van der Waals surface area contributed by atoms with E-state index in [9.17, 15) is 0 Å². The summed E-state index contributed by atoms with van der Waals surface area (Å²) in [6, 6.07) is 7.75. The Morgan fingerprint density at radius 1 is 1.29 bits per heavy atom. The van der Waals surface area contributed by atoms with Gasteiger partial charge in [0, 0.05) is 0 Å². The topological polar surface area (TPSA) is 9.23 Å². The highest BCUT2D eigenvalue weighted by Gasteiger charge is 1.95. The maximum absolute atomic E-state index is 5.18. The Labute approximate surface area is 85.4 Å². The van der Waals surface area contributed by atoms with Crippen LogP contribution in [-0.4, -0.2) is 7.11 Å². The van der Waals surface area contributed by atoms with Crippen molar-refractivity contribution >= 4 is 0 Å². The van der Waals surface area contributed by atoms with Crippen molar-refractivity contribution in [3.05, 3.63) is 41.5 Å². The van der Waals surface area contributed by atoms with Crippen molar-refractivity contribution in [2.24, 2.45) is 0 Å². The van der Waals surface area contributed by atoms with Gasteiger partial charge in [0.1, 0.15) is 5.75 Å². The summed E-state index contributed by atoms with van der Waals surface area (Å²) in [5.74, 6) is 6.85. The van der Waals surface area contributed by atoms with E-state index in [1.165, 1.54) is 5.57 Å². The molecule has 0 saturated heterocycles. The van der Waals surface area contributed by atoms with Crippen LogP contribution in [0.1, 0.15) is 19.4 Å². The van der Waals surface area contributed by atoms with E-state index in [0.29, 0.717) is 0 Å². The number of benzene rings is 1. The Balaban J connectivity index is 2.94. The fourth-order valence-electron chi connectivity index (χ4n) is 1.01. The monoisotopic (exact) mass is 186 g/mol. The molecule has 1 nitrogen and oxygen atoms in total. The number of hydrogen-bond acceptors (Lipinski definition) is 1. The fourth-order valence-corrected chi connectivity index (χ4v) is 1.01. The molecule has 0 aliphatic carbocycles. The Morgan fingerprint density at radius 2 is 2.00 bits per heavy atom. The number of allylic oxidation sites excluding steroid dienone is 2. The zero-order valence-electron chi connectivity index (χ0n) is 8.79. The molecule has 72 valence electrons. The number of para-hydroxylation sites is 1. The zero-order chi connectivity index (χ0) is 10.4. The molecule has 0 saturated carbocycles. The van der Waals surface area contributed by atoms with Gasteiger partial charge in [0.2, 0.25) is 0 Å². The van der Waals surface area contributed by atoms with Crippen LogP contribution in [0.15, 0.2) is 35.9 Å². The van der Waals surface area contributed by atoms with Gasteiger partial charge in [-0.1, -0.05) is 29.5 Å². The van der Waals surface area contributed by atoms with Crippen LogP contribution in [0.3, 0.4) is 0 Å². The molecule has 0 amide bonds. The lowest BCUT2D eigenvalue weighted by Gasteiger charge is -2.00. The third-order valence-electron chi connectivity index (χ3n) is 1.67. The lowest BCUT2D eigenvalue weighted by atomic mass is 10.2. The average molecular weight is 186 g/mol. The first kappa shape index (κ1) is 10.4. The number of methoxy groups -OCH3 is 1. The van der Waals surface area contributed by atoms with Gasteiger partial charge in [-0.05, 0) is 32.1 Å². The van der Waals surface area contributed by atoms with E-state index >= 15 is 0 Å². The van der Waals surface area contributed by atoms with Crippen molar-refractivity contribution in [2.45, 2.75) is 13.8 Å². The van der Waals surface area contributed by atoms with Crippen molar-refractivity contribution < 1.29 is 4.74 Å². The van der Waals surface area contributed by atoms with Crippen molar-refractivity contribution in [2.75, 3.05) is 7.11 Å². The molecule has 0 N–H and O–H groups in total. The van der Waals surface area contributed by atoms with Crippen molar-refractivity contribution in [1.82, 2.24) is 0 Å². The summed E-state index contributed by atoms with van der Waals surface area (Å²) in [4.78, 5) is 0. The quantitative estimate of drug-likeness (QED) is 0.612. The molecule has 0 aromatic heterocycles. The van der Waals surface area contributed by atoms with E-state index < -0.39 is 0 Å². The van der Waals surface area contributed by atoms with Gasteiger partial charge in [-0.2, -0.15) is 0 Å². The van der Waals surface area contributed by atoms with E-state index in [-0.39, 0.29) is 0 Å². The molecule has 0 spiro atoms. The molecule has 0 radical (unpaired) electrons. The highest BCUT2D eigenvalue weighted by molar-refractivity contribution is 5.47. The standard InChI is InChI=1S/C13H14O/c1-11(2)7-6-9-12-8-4-5-10-13(12)14-3/h4-5,7-8,10H,1-3H3. The summed E-state index contributed by atoms with van der Waals surface area (Å²) < 4.78 is 5.18. The van der Waals surface area contributed by atoms with Crippen LogP contribution in [0, 0.1) is 11.8 Å². The smallest absolute Gasteiger partial charge is 0.134 e. The summed E-state index contributed by atoms with van der Waals surface area (Å²) in [5, 5.41) is 0. The third kappa shape index (κ3) is 2.99. The van der Waals surface area contributed by atoms with Gasteiger partial charge in [0.25, 0.3) is 0 Å². The Morgan fingerprint density at radius 3 is 2.64 bits per heavy atom. The predicted molar refractivity (Wildman–Crippen MR) is 59.3 cm³/mol. The van der Waals surface area contributed by atoms with Gasteiger partial charge in [-0.15, -0.1) is 0 Å². The second-order valence-electron chi connectivity index (χ2n) is 3.19. The van der Waals surface area contributed by atoms with E-state index in [1.54, 1.807) is 7.11 Å². The molecule has 14 heavy (non-hydrogen) atoms. The van der Waals surface area contributed by atoms with Crippen LogP contribution >= 0.6 is 0 Å². The summed E-state index contributed by atoms with van der Waals surface area (Å²) in [6.45, 7) is 4.05. The maximum Gasteiger partial charge on any atom is 0.134 e. The Hall–Kier alpha value is -1.68. The zero-order valence-corrected chi connectivity index (χ0v) is 8.79. The minimum atomic E-state index is 0.821. The molecular formula is C13H14O. The van der Waals surface area contributed by atoms with Gasteiger partial charge >= 0.3 is 0 Å². The second-order valence-corrected chi connectivity index (χ2v) is 3.19. The summed E-state index contributed by atoms with van der Waals surface area (Å²) in [5.41, 5.74) is 2.12. The Kier molecular flexibility index (Phi) is 3.82. The lowest BCUT2D eigenvalue weighted by molar-refractivity contribution is 0.413. The van der Waals surface area contributed by atoms with Crippen LogP contribution in [0.25, 0.3) is 0 Å². The van der Waals surface area contributed by atoms with E-state index in [1.807, 2.05) is 44.2 Å². The van der Waals surface area contributed by atoms with Gasteiger partial charge in [-0.25, -0.2) is 0 Å². The first-order chi connectivity index (χ1) is 6.74. The fraction of sp³-hybridized carbons (Fsp3) is 0.231. The molecule has 1 aromatic carbocycles. The maximum atomic E-state index is 5.18. The third-order valence-corrected chi connectivity index (χ3v) is 1.67. The molecular weight excluding hydrogens is 172 g/mol. The molecule has 1 rings (SSSR count). The molecule has 1 heteroatoms. The predicted octanol–water partition coefficient (Wildman–Crippen LogP) is 3.01. The molecule has 0 fully saturated rings. The van der Waals surface area contributed by atoms with E-state index in [0.717, 1.165) is 11.3 Å².